The predicted octanol–water partition coefficient (Wildman–Crippen LogP) is 5.40. The Kier molecular flexibility index (Phi) is 17.9. The van der Waals surface area contributed by atoms with Crippen LogP contribution in [0.4, 0.5) is 4.79 Å². The SMILES string of the molecule is CCCCCCCCCCCCC#CCCCNC(=O)NCC. The summed E-state index contributed by atoms with van der Waals surface area (Å²) in [5.41, 5.74) is 0. The van der Waals surface area contributed by atoms with Gasteiger partial charge in [-0.05, 0) is 19.8 Å². The van der Waals surface area contributed by atoms with Gasteiger partial charge < -0.3 is 10.6 Å². The van der Waals surface area contributed by atoms with Crippen LogP contribution in [0, 0.1) is 11.8 Å². The molecule has 134 valence electrons. The van der Waals surface area contributed by atoms with Crippen molar-refractivity contribution in [1.29, 1.82) is 0 Å². The molecule has 2 amide bonds. The Morgan fingerprint density at radius 1 is 0.696 bits per heavy atom. The lowest BCUT2D eigenvalue weighted by Crippen LogP contribution is -2.35. The molecule has 0 aliphatic rings. The molecule has 3 nitrogen and oxygen atoms in total. The standard InChI is InChI=1S/C20H38N2O/c1-3-5-6-7-8-9-10-11-12-13-14-15-16-17-18-19-22-20(23)21-4-2/h3-14,17-19H2,1-2H3,(H2,21,22,23). The largest absolute Gasteiger partial charge is 0.338 e. The van der Waals surface area contributed by atoms with Gasteiger partial charge in [0.25, 0.3) is 0 Å². The molecule has 0 aliphatic carbocycles. The monoisotopic (exact) mass is 322 g/mol. The first-order chi connectivity index (χ1) is 11.3. The summed E-state index contributed by atoms with van der Waals surface area (Å²) in [7, 11) is 0. The maximum Gasteiger partial charge on any atom is 0.314 e. The third-order valence-corrected chi connectivity index (χ3v) is 3.88. The second-order valence-corrected chi connectivity index (χ2v) is 6.18. The van der Waals surface area contributed by atoms with E-state index in [0.29, 0.717) is 13.1 Å². The average molecular weight is 323 g/mol. The first-order valence-corrected chi connectivity index (χ1v) is 9.78. The van der Waals surface area contributed by atoms with E-state index in [9.17, 15) is 4.79 Å². The maximum atomic E-state index is 11.1. The summed E-state index contributed by atoms with van der Waals surface area (Å²) >= 11 is 0. The minimum atomic E-state index is -0.0779. The summed E-state index contributed by atoms with van der Waals surface area (Å²) in [6.45, 7) is 5.56. The van der Waals surface area contributed by atoms with E-state index < -0.39 is 0 Å². The lowest BCUT2D eigenvalue weighted by atomic mass is 10.1. The summed E-state index contributed by atoms with van der Waals surface area (Å²) in [6.07, 6.45) is 16.6. The Balaban J connectivity index is 3.16. The van der Waals surface area contributed by atoms with Crippen molar-refractivity contribution in [3.8, 4) is 11.8 Å². The number of urea groups is 1. The molecule has 0 radical (unpaired) electrons. The van der Waals surface area contributed by atoms with Gasteiger partial charge in [-0.2, -0.15) is 0 Å². The zero-order chi connectivity index (χ0) is 17.0. The number of carbonyl (C=O) groups is 1. The fourth-order valence-corrected chi connectivity index (χ4v) is 2.48. The molecule has 0 bridgehead atoms. The van der Waals surface area contributed by atoms with Crippen molar-refractivity contribution in [1.82, 2.24) is 10.6 Å². The summed E-state index contributed by atoms with van der Waals surface area (Å²) in [6, 6.07) is -0.0779. The number of rotatable bonds is 14. The first kappa shape index (κ1) is 21.8. The van der Waals surface area contributed by atoms with Crippen molar-refractivity contribution in [2.45, 2.75) is 97.3 Å². The minimum absolute atomic E-state index is 0.0779. The third-order valence-electron chi connectivity index (χ3n) is 3.88. The molecular weight excluding hydrogens is 284 g/mol. The normalized spacial score (nSPS) is 10.0. The van der Waals surface area contributed by atoms with Crippen molar-refractivity contribution in [3.05, 3.63) is 0 Å². The van der Waals surface area contributed by atoms with Gasteiger partial charge in [0.2, 0.25) is 0 Å². The smallest absolute Gasteiger partial charge is 0.314 e. The van der Waals surface area contributed by atoms with E-state index in [-0.39, 0.29) is 6.03 Å². The van der Waals surface area contributed by atoms with Crippen molar-refractivity contribution in [2.24, 2.45) is 0 Å². The Labute approximate surface area is 144 Å². The molecule has 0 unspecified atom stereocenters. The van der Waals surface area contributed by atoms with Gasteiger partial charge in [0.1, 0.15) is 0 Å². The molecule has 0 fully saturated rings. The quantitative estimate of drug-likeness (QED) is 0.326. The molecule has 0 saturated carbocycles. The van der Waals surface area contributed by atoms with Crippen LogP contribution in [-0.4, -0.2) is 19.1 Å². The first-order valence-electron chi connectivity index (χ1n) is 9.78. The van der Waals surface area contributed by atoms with Crippen LogP contribution in [0.2, 0.25) is 0 Å². The highest BCUT2D eigenvalue weighted by atomic mass is 16.2. The van der Waals surface area contributed by atoms with Gasteiger partial charge in [-0.1, -0.05) is 64.7 Å². The summed E-state index contributed by atoms with van der Waals surface area (Å²) in [4.78, 5) is 11.1. The Bertz CT molecular complexity index is 317. The van der Waals surface area contributed by atoms with E-state index in [1.807, 2.05) is 6.92 Å². The van der Waals surface area contributed by atoms with E-state index in [0.717, 1.165) is 19.3 Å². The second kappa shape index (κ2) is 18.9. The van der Waals surface area contributed by atoms with E-state index in [1.54, 1.807) is 0 Å². The van der Waals surface area contributed by atoms with Crippen LogP contribution in [0.3, 0.4) is 0 Å². The Morgan fingerprint density at radius 3 is 1.78 bits per heavy atom. The van der Waals surface area contributed by atoms with Gasteiger partial charge in [-0.3, -0.25) is 0 Å². The molecule has 3 heteroatoms. The number of hydrogen-bond donors (Lipinski definition) is 2. The molecule has 0 atom stereocenters. The predicted molar refractivity (Wildman–Crippen MR) is 101 cm³/mol. The van der Waals surface area contributed by atoms with Gasteiger partial charge in [0, 0.05) is 25.9 Å². The molecular formula is C20H38N2O. The van der Waals surface area contributed by atoms with Crippen LogP contribution >= 0.6 is 0 Å². The number of hydrogen-bond acceptors (Lipinski definition) is 1. The zero-order valence-corrected chi connectivity index (χ0v) is 15.5. The van der Waals surface area contributed by atoms with Crippen LogP contribution in [0.1, 0.15) is 97.3 Å². The third kappa shape index (κ3) is 18.8. The highest BCUT2D eigenvalue weighted by Crippen LogP contribution is 2.10. The van der Waals surface area contributed by atoms with Gasteiger partial charge in [0.05, 0.1) is 0 Å². The second-order valence-electron chi connectivity index (χ2n) is 6.18. The number of amides is 2. The van der Waals surface area contributed by atoms with Gasteiger partial charge in [-0.15, -0.1) is 11.8 Å². The van der Waals surface area contributed by atoms with Crippen molar-refractivity contribution in [2.75, 3.05) is 13.1 Å². The fourth-order valence-electron chi connectivity index (χ4n) is 2.48. The van der Waals surface area contributed by atoms with E-state index in [4.69, 9.17) is 0 Å². The average Bonchev–Trinajstić information content (AvgIpc) is 2.54. The van der Waals surface area contributed by atoms with Gasteiger partial charge in [0.15, 0.2) is 0 Å². The van der Waals surface area contributed by atoms with Crippen LogP contribution in [0.5, 0.6) is 0 Å². The minimum Gasteiger partial charge on any atom is -0.338 e. The molecule has 0 heterocycles. The van der Waals surface area contributed by atoms with Gasteiger partial charge in [-0.25, -0.2) is 4.79 Å². The molecule has 0 aliphatic heterocycles. The summed E-state index contributed by atoms with van der Waals surface area (Å²) in [5, 5.41) is 5.52. The van der Waals surface area contributed by atoms with Crippen molar-refractivity contribution < 1.29 is 4.79 Å². The van der Waals surface area contributed by atoms with Crippen LogP contribution < -0.4 is 10.6 Å². The maximum absolute atomic E-state index is 11.1. The molecule has 0 saturated heterocycles. The van der Waals surface area contributed by atoms with E-state index in [2.05, 4.69) is 29.4 Å². The topological polar surface area (TPSA) is 41.1 Å². The molecule has 23 heavy (non-hydrogen) atoms. The van der Waals surface area contributed by atoms with E-state index >= 15 is 0 Å². The molecule has 0 aromatic carbocycles. The van der Waals surface area contributed by atoms with Gasteiger partial charge >= 0.3 is 6.03 Å². The molecule has 0 aromatic rings. The van der Waals surface area contributed by atoms with E-state index in [1.165, 1.54) is 64.2 Å². The molecule has 2 N–H and O–H groups in total. The van der Waals surface area contributed by atoms with Crippen molar-refractivity contribution in [3.63, 3.8) is 0 Å². The molecule has 0 aromatic heterocycles. The van der Waals surface area contributed by atoms with Crippen LogP contribution in [0.15, 0.2) is 0 Å². The molecule has 0 rings (SSSR count). The fraction of sp³-hybridized carbons (Fsp3) is 0.850. The summed E-state index contributed by atoms with van der Waals surface area (Å²) in [5.74, 6) is 6.45. The lowest BCUT2D eigenvalue weighted by molar-refractivity contribution is 0.241. The number of nitrogens with one attached hydrogen (secondary N) is 2. The Hall–Kier alpha value is -1.17. The lowest BCUT2D eigenvalue weighted by Gasteiger charge is -2.03. The van der Waals surface area contributed by atoms with Crippen LogP contribution in [-0.2, 0) is 0 Å². The number of carbonyl (C=O) groups excluding carboxylic acids is 1. The number of unbranched alkanes of at least 4 members (excludes halogenated alkanes) is 11. The Morgan fingerprint density at radius 2 is 1.22 bits per heavy atom. The highest BCUT2D eigenvalue weighted by molar-refractivity contribution is 5.73. The van der Waals surface area contributed by atoms with Crippen LogP contribution in [0.25, 0.3) is 0 Å². The summed E-state index contributed by atoms with van der Waals surface area (Å²) < 4.78 is 0. The zero-order valence-electron chi connectivity index (χ0n) is 15.5. The highest BCUT2D eigenvalue weighted by Gasteiger charge is 1.94. The van der Waals surface area contributed by atoms with Crippen molar-refractivity contribution >= 4 is 6.03 Å². The molecule has 0 spiro atoms.